The summed E-state index contributed by atoms with van der Waals surface area (Å²) in [4.78, 5) is 88.3. The second kappa shape index (κ2) is 29.2. The molecule has 0 aromatic heterocycles. The van der Waals surface area contributed by atoms with Crippen molar-refractivity contribution in [2.45, 2.75) is 101 Å². The normalized spacial score (nSPS) is 21.9. The minimum Gasteiger partial charge on any atom is -0.458 e. The minimum absolute atomic E-state index is 0.0000485. The van der Waals surface area contributed by atoms with Gasteiger partial charge >= 0.3 is 48.5 Å². The predicted molar refractivity (Wildman–Crippen MR) is 201 cm³/mol. The van der Waals surface area contributed by atoms with Crippen molar-refractivity contribution in [1.82, 2.24) is 0 Å². The highest BCUT2D eigenvalue weighted by molar-refractivity contribution is 5.91. The number of allylic oxidation sites excluding steroid dienone is 4. The van der Waals surface area contributed by atoms with Crippen molar-refractivity contribution in [3.63, 3.8) is 0 Å². The van der Waals surface area contributed by atoms with Gasteiger partial charge in [0.1, 0.15) is 52.9 Å². The fourth-order valence-corrected chi connectivity index (χ4v) is 5.17. The van der Waals surface area contributed by atoms with Gasteiger partial charge in [-0.15, -0.1) is 0 Å². The summed E-state index contributed by atoms with van der Waals surface area (Å²) in [6.45, 7) is -0.200. The van der Waals surface area contributed by atoms with Crippen LogP contribution >= 0.6 is 0 Å². The standard InChI is InChI=1S/C20H26O10.C12H12O10.C8H14/c21-17(25-11-15-13-27-19(23)29-15)9-7-5-3-1-2-4-6-8-10-18(22)26-12-16-14-28-20(24)30-16;13-9(17-3-7-5-19-11(15)21-7)1-2-10(14)18-4-8-6-20-12(16)22-8;1-2-4-6-8-7-5-3-1/h7-10,15-16H,1-6,11-14H2;1-2,7-8H,3-6H2;1-2H,3-8H2/b;2-1+;. The molecule has 4 atom stereocenters. The van der Waals surface area contributed by atoms with E-state index in [2.05, 4.69) is 40.6 Å². The number of hydrogen-bond acceptors (Lipinski definition) is 20. The molecule has 1 aliphatic carbocycles. The lowest BCUT2D eigenvalue weighted by atomic mass is 10.1. The molecule has 20 heteroatoms. The van der Waals surface area contributed by atoms with Crippen molar-refractivity contribution < 1.29 is 95.2 Å². The third kappa shape index (κ3) is 23.4. The van der Waals surface area contributed by atoms with E-state index >= 15 is 0 Å². The van der Waals surface area contributed by atoms with E-state index < -0.39 is 72.9 Å². The van der Waals surface area contributed by atoms with Gasteiger partial charge in [-0.05, 0) is 51.4 Å². The molecule has 5 rings (SSSR count). The van der Waals surface area contributed by atoms with Gasteiger partial charge in [0.25, 0.3) is 0 Å². The Morgan fingerprint density at radius 3 is 1.03 bits per heavy atom. The number of unbranched alkanes of at least 4 members (excludes halogenated alkanes) is 5. The molecule has 0 N–H and O–H groups in total. The van der Waals surface area contributed by atoms with Crippen LogP contribution < -0.4 is 0 Å². The monoisotopic (exact) mass is 852 g/mol. The molecule has 60 heavy (non-hydrogen) atoms. The maximum atomic E-state index is 11.5. The summed E-state index contributed by atoms with van der Waals surface area (Å²) in [5.41, 5.74) is 0. The van der Waals surface area contributed by atoms with Crippen LogP contribution in [0.5, 0.6) is 0 Å². The zero-order valence-corrected chi connectivity index (χ0v) is 33.2. The van der Waals surface area contributed by atoms with E-state index in [4.69, 9.17) is 28.4 Å². The van der Waals surface area contributed by atoms with E-state index in [1.807, 2.05) is 0 Å². The zero-order chi connectivity index (χ0) is 43.2. The van der Waals surface area contributed by atoms with E-state index in [1.54, 1.807) is 12.2 Å². The first-order valence-electron chi connectivity index (χ1n) is 19.7. The zero-order valence-electron chi connectivity index (χ0n) is 33.2. The Labute approximate surface area is 346 Å². The average Bonchev–Trinajstić information content (AvgIpc) is 4.04. The smallest absolute Gasteiger partial charge is 0.458 e. The lowest BCUT2D eigenvalue weighted by Crippen LogP contribution is -2.21. The lowest BCUT2D eigenvalue weighted by molar-refractivity contribution is -0.142. The van der Waals surface area contributed by atoms with E-state index in [1.165, 1.54) is 50.7 Å². The molecule has 0 saturated carbocycles. The van der Waals surface area contributed by atoms with Crippen molar-refractivity contribution in [2.75, 3.05) is 52.9 Å². The fraction of sp³-hybridized carbons (Fsp3) is 0.600. The number of ether oxygens (including phenoxy) is 12. The molecule has 4 heterocycles. The van der Waals surface area contributed by atoms with Gasteiger partial charge in [0.05, 0.1) is 0 Å². The summed E-state index contributed by atoms with van der Waals surface area (Å²) >= 11 is 0. The molecule has 0 amide bonds. The number of esters is 4. The van der Waals surface area contributed by atoms with Crippen LogP contribution in [0.2, 0.25) is 0 Å². The maximum absolute atomic E-state index is 11.5. The molecule has 4 fully saturated rings. The van der Waals surface area contributed by atoms with Gasteiger partial charge in [0.15, 0.2) is 24.4 Å². The highest BCUT2D eigenvalue weighted by Crippen LogP contribution is 2.12. The van der Waals surface area contributed by atoms with Crippen LogP contribution in [-0.2, 0) is 76.0 Å². The van der Waals surface area contributed by atoms with Gasteiger partial charge in [0, 0.05) is 24.3 Å². The summed E-state index contributed by atoms with van der Waals surface area (Å²) < 4.78 is 56.3. The first-order chi connectivity index (χ1) is 29.0. The number of rotatable bonds is 19. The van der Waals surface area contributed by atoms with Gasteiger partial charge < -0.3 is 56.8 Å². The van der Waals surface area contributed by atoms with Crippen LogP contribution in [0.25, 0.3) is 0 Å². The lowest BCUT2D eigenvalue weighted by Gasteiger charge is -2.06. The maximum Gasteiger partial charge on any atom is 0.508 e. The fourth-order valence-electron chi connectivity index (χ4n) is 5.17. The summed E-state index contributed by atoms with van der Waals surface area (Å²) in [5.74, 6) is -2.58. The molecule has 0 aromatic carbocycles. The minimum atomic E-state index is -0.822. The van der Waals surface area contributed by atoms with Gasteiger partial charge in [-0.3, -0.25) is 0 Å². The van der Waals surface area contributed by atoms with Crippen LogP contribution in [0.3, 0.4) is 0 Å². The number of carbonyl (C=O) groups is 8. The van der Waals surface area contributed by atoms with Crippen molar-refractivity contribution in [3.05, 3.63) is 48.6 Å². The number of hydrogen-bond donors (Lipinski definition) is 0. The highest BCUT2D eigenvalue weighted by Gasteiger charge is 2.28. The Bertz CT molecular complexity index is 1420. The second-order valence-corrected chi connectivity index (χ2v) is 13.3. The average molecular weight is 853 g/mol. The van der Waals surface area contributed by atoms with Gasteiger partial charge in [-0.2, -0.15) is 0 Å². The largest absolute Gasteiger partial charge is 0.508 e. The number of carbonyl (C=O) groups excluding carboxylic acids is 8. The Morgan fingerprint density at radius 2 is 0.750 bits per heavy atom. The summed E-state index contributed by atoms with van der Waals surface area (Å²) in [6, 6.07) is 0. The van der Waals surface area contributed by atoms with Gasteiger partial charge in [-0.1, -0.05) is 50.0 Å². The number of cyclic esters (lactones) is 8. The molecular formula is C40H52O20. The van der Waals surface area contributed by atoms with Gasteiger partial charge in [0.2, 0.25) is 0 Å². The van der Waals surface area contributed by atoms with Crippen molar-refractivity contribution in [2.24, 2.45) is 0 Å². The Morgan fingerprint density at radius 1 is 0.450 bits per heavy atom. The molecule has 5 aliphatic rings. The summed E-state index contributed by atoms with van der Waals surface area (Å²) in [5, 5.41) is 0. The molecule has 0 aromatic rings. The van der Waals surface area contributed by atoms with E-state index in [0.717, 1.165) is 50.7 Å². The molecule has 4 saturated heterocycles. The first-order valence-corrected chi connectivity index (χ1v) is 19.7. The van der Waals surface area contributed by atoms with Crippen molar-refractivity contribution >= 4 is 48.5 Å². The molecule has 0 spiro atoms. The Hall–Kier alpha value is -6.08. The van der Waals surface area contributed by atoms with E-state index in [-0.39, 0.29) is 52.9 Å². The first kappa shape index (κ1) is 48.3. The molecule has 20 nitrogen and oxygen atoms in total. The van der Waals surface area contributed by atoms with Gasteiger partial charge in [-0.25, -0.2) is 38.4 Å². The molecular weight excluding hydrogens is 800 g/mol. The highest BCUT2D eigenvalue weighted by atomic mass is 16.8. The van der Waals surface area contributed by atoms with E-state index in [0.29, 0.717) is 0 Å². The predicted octanol–water partition coefficient (Wildman–Crippen LogP) is 5.19. The van der Waals surface area contributed by atoms with Crippen LogP contribution in [0.4, 0.5) is 19.2 Å². The van der Waals surface area contributed by atoms with Crippen LogP contribution in [0, 0.1) is 0 Å². The third-order valence-corrected chi connectivity index (χ3v) is 8.26. The second-order valence-electron chi connectivity index (χ2n) is 13.3. The SMILES string of the molecule is C1=CCCCCCC1.O=C(/C=C/C(=O)OCC1COC(=O)O1)OCC1COC(=O)O1.O=C(C=CCCCCCCC=CC(=O)OCC1COC(=O)O1)OCC1COC(=O)O1. The molecule has 332 valence electrons. The molecule has 0 radical (unpaired) electrons. The van der Waals surface area contributed by atoms with Crippen LogP contribution in [0.1, 0.15) is 77.0 Å². The van der Waals surface area contributed by atoms with E-state index in [9.17, 15) is 38.4 Å². The summed E-state index contributed by atoms with van der Waals surface area (Å²) in [6.07, 6.45) is 20.8. The topological polar surface area (TPSA) is 247 Å². The van der Waals surface area contributed by atoms with Crippen LogP contribution in [0.15, 0.2) is 48.6 Å². The van der Waals surface area contributed by atoms with Crippen molar-refractivity contribution in [3.8, 4) is 0 Å². The third-order valence-electron chi connectivity index (χ3n) is 8.26. The van der Waals surface area contributed by atoms with Crippen LogP contribution in [-0.4, -0.2) is 126 Å². The molecule has 0 bridgehead atoms. The molecule has 4 aliphatic heterocycles. The summed E-state index contributed by atoms with van der Waals surface area (Å²) in [7, 11) is 0. The quantitative estimate of drug-likeness (QED) is 0.0533. The Kier molecular flexibility index (Phi) is 23.5. The molecule has 4 unspecified atom stereocenters. The Balaban J connectivity index is 0.000000278. The van der Waals surface area contributed by atoms with Crippen molar-refractivity contribution in [1.29, 1.82) is 0 Å².